The fourth-order valence-corrected chi connectivity index (χ4v) is 3.82. The normalized spacial score (nSPS) is 16.5. The van der Waals surface area contributed by atoms with E-state index >= 15 is 0 Å². The van der Waals surface area contributed by atoms with Gasteiger partial charge in [0.2, 0.25) is 5.91 Å². The van der Waals surface area contributed by atoms with Crippen molar-refractivity contribution >= 4 is 41.6 Å². The van der Waals surface area contributed by atoms with Crippen LogP contribution >= 0.6 is 24.8 Å². The van der Waals surface area contributed by atoms with Gasteiger partial charge < -0.3 is 9.64 Å². The highest BCUT2D eigenvalue weighted by atomic mass is 35.5. The van der Waals surface area contributed by atoms with Gasteiger partial charge in [-0.3, -0.25) is 14.8 Å². The van der Waals surface area contributed by atoms with Crippen molar-refractivity contribution in [3.63, 3.8) is 0 Å². The van der Waals surface area contributed by atoms with Crippen LogP contribution in [-0.4, -0.2) is 40.0 Å². The van der Waals surface area contributed by atoms with Gasteiger partial charge in [-0.25, -0.2) is 0 Å². The second-order valence-corrected chi connectivity index (χ2v) is 7.71. The van der Waals surface area contributed by atoms with E-state index in [1.54, 1.807) is 12.4 Å². The molecular formula is C23H25Cl2N3O2. The highest BCUT2D eigenvalue weighted by Gasteiger charge is 2.35. The highest BCUT2D eigenvalue weighted by Crippen LogP contribution is 2.32. The summed E-state index contributed by atoms with van der Waals surface area (Å²) in [7, 11) is 0. The van der Waals surface area contributed by atoms with Crippen molar-refractivity contribution in [3.05, 3.63) is 54.9 Å². The molecule has 1 aliphatic carbocycles. The summed E-state index contributed by atoms with van der Waals surface area (Å²) in [5.74, 6) is 1.43. The molecule has 5 rings (SSSR count). The molecule has 1 amide bonds. The summed E-state index contributed by atoms with van der Waals surface area (Å²) in [4.78, 5) is 23.2. The van der Waals surface area contributed by atoms with Crippen molar-refractivity contribution < 1.29 is 9.53 Å². The lowest BCUT2D eigenvalue weighted by atomic mass is 10.1. The molecule has 0 spiro atoms. The van der Waals surface area contributed by atoms with Gasteiger partial charge in [-0.15, -0.1) is 24.8 Å². The van der Waals surface area contributed by atoms with Gasteiger partial charge in [0, 0.05) is 49.0 Å². The first kappa shape index (κ1) is 22.3. The molecule has 0 bridgehead atoms. The van der Waals surface area contributed by atoms with Gasteiger partial charge in [0.05, 0.1) is 17.4 Å². The third-order valence-electron chi connectivity index (χ3n) is 5.62. The Morgan fingerprint density at radius 1 is 0.967 bits per heavy atom. The number of likely N-dealkylation sites (tertiary alicyclic amines) is 1. The average molecular weight is 446 g/mol. The number of halogens is 2. The predicted molar refractivity (Wildman–Crippen MR) is 122 cm³/mol. The number of carbonyl (C=O) groups excluding carboxylic acids is 1. The lowest BCUT2D eigenvalue weighted by molar-refractivity contribution is -0.134. The quantitative estimate of drug-likeness (QED) is 0.571. The Hall–Kier alpha value is -2.37. The molecule has 1 aliphatic heterocycles. The zero-order chi connectivity index (χ0) is 18.9. The first-order chi connectivity index (χ1) is 13.8. The molecule has 1 saturated heterocycles. The van der Waals surface area contributed by atoms with Gasteiger partial charge in [-0.05, 0) is 37.1 Å². The van der Waals surface area contributed by atoms with E-state index in [0.717, 1.165) is 66.7 Å². The fraction of sp³-hybridized carbons (Fsp3) is 0.348. The molecule has 5 nitrogen and oxygen atoms in total. The van der Waals surface area contributed by atoms with E-state index in [0.29, 0.717) is 11.8 Å². The molecule has 2 aliphatic rings. The summed E-state index contributed by atoms with van der Waals surface area (Å²) in [5, 5.41) is 1.12. The number of fused-ring (bicyclic) bond motifs is 1. The molecular weight excluding hydrogens is 421 g/mol. The van der Waals surface area contributed by atoms with Gasteiger partial charge in [0.25, 0.3) is 0 Å². The minimum Gasteiger partial charge on any atom is -0.489 e. The van der Waals surface area contributed by atoms with E-state index in [1.165, 1.54) is 0 Å². The third-order valence-corrected chi connectivity index (χ3v) is 5.62. The zero-order valence-electron chi connectivity index (χ0n) is 16.6. The van der Waals surface area contributed by atoms with E-state index in [9.17, 15) is 4.79 Å². The maximum Gasteiger partial charge on any atom is 0.225 e. The van der Waals surface area contributed by atoms with E-state index in [2.05, 4.69) is 34.2 Å². The van der Waals surface area contributed by atoms with Crippen LogP contribution in [-0.2, 0) is 4.79 Å². The largest absolute Gasteiger partial charge is 0.489 e. The maximum absolute atomic E-state index is 12.1. The highest BCUT2D eigenvalue weighted by molar-refractivity contribution is 5.86. The van der Waals surface area contributed by atoms with E-state index in [-0.39, 0.29) is 30.9 Å². The van der Waals surface area contributed by atoms with Crippen molar-refractivity contribution in [1.82, 2.24) is 14.9 Å². The van der Waals surface area contributed by atoms with Gasteiger partial charge in [-0.1, -0.05) is 18.2 Å². The van der Waals surface area contributed by atoms with Crippen molar-refractivity contribution in [3.8, 4) is 17.0 Å². The maximum atomic E-state index is 12.1. The van der Waals surface area contributed by atoms with Crippen LogP contribution in [0.3, 0.4) is 0 Å². The summed E-state index contributed by atoms with van der Waals surface area (Å²) in [6.45, 7) is 1.60. The van der Waals surface area contributed by atoms with Crippen molar-refractivity contribution in [2.24, 2.45) is 5.92 Å². The van der Waals surface area contributed by atoms with E-state index < -0.39 is 0 Å². The Morgan fingerprint density at radius 3 is 2.47 bits per heavy atom. The molecule has 3 aromatic rings. The molecule has 0 radical (unpaired) electrons. The van der Waals surface area contributed by atoms with E-state index in [1.807, 2.05) is 23.1 Å². The molecule has 0 atom stereocenters. The van der Waals surface area contributed by atoms with Crippen LogP contribution < -0.4 is 4.74 Å². The second kappa shape index (κ2) is 9.63. The second-order valence-electron chi connectivity index (χ2n) is 7.71. The number of pyridine rings is 2. The summed E-state index contributed by atoms with van der Waals surface area (Å²) < 4.78 is 6.11. The third kappa shape index (κ3) is 4.85. The van der Waals surface area contributed by atoms with Crippen LogP contribution in [0.5, 0.6) is 5.75 Å². The number of piperidine rings is 1. The van der Waals surface area contributed by atoms with Crippen molar-refractivity contribution in [2.45, 2.75) is 31.8 Å². The lowest BCUT2D eigenvalue weighted by Gasteiger charge is -2.32. The number of carbonyl (C=O) groups is 1. The molecule has 1 saturated carbocycles. The summed E-state index contributed by atoms with van der Waals surface area (Å²) >= 11 is 0. The van der Waals surface area contributed by atoms with Crippen molar-refractivity contribution in [1.29, 1.82) is 0 Å². The Bertz CT molecular complexity index is 1000. The topological polar surface area (TPSA) is 55.3 Å². The number of hydrogen-bond donors (Lipinski definition) is 0. The number of hydrogen-bond acceptors (Lipinski definition) is 4. The van der Waals surface area contributed by atoms with Gasteiger partial charge in [0.1, 0.15) is 11.9 Å². The van der Waals surface area contributed by atoms with Crippen LogP contribution in [0.1, 0.15) is 25.7 Å². The molecule has 1 aromatic carbocycles. The monoisotopic (exact) mass is 445 g/mol. The average Bonchev–Trinajstić information content (AvgIpc) is 3.59. The minimum absolute atomic E-state index is 0. The summed E-state index contributed by atoms with van der Waals surface area (Å²) in [6, 6.07) is 14.2. The van der Waals surface area contributed by atoms with Gasteiger partial charge >= 0.3 is 0 Å². The summed E-state index contributed by atoms with van der Waals surface area (Å²) in [5.41, 5.74) is 2.92. The minimum atomic E-state index is 0. The zero-order valence-corrected chi connectivity index (χ0v) is 18.2. The SMILES string of the molecule is Cl.Cl.O=C(C1CC1)N1CCC(Oc2ccc(-c3ccc4cccnc4c3)nc2)CC1. The Kier molecular flexibility index (Phi) is 7.16. The van der Waals surface area contributed by atoms with Crippen LogP contribution in [0, 0.1) is 5.92 Å². The Labute approximate surface area is 188 Å². The number of amides is 1. The number of benzene rings is 1. The van der Waals surface area contributed by atoms with Gasteiger partial charge in [-0.2, -0.15) is 0 Å². The van der Waals surface area contributed by atoms with Crippen LogP contribution in [0.4, 0.5) is 0 Å². The Balaban J connectivity index is 0.00000128. The molecule has 7 heteroatoms. The Morgan fingerprint density at radius 2 is 1.77 bits per heavy atom. The number of aromatic nitrogens is 2. The van der Waals surface area contributed by atoms with Crippen LogP contribution in [0.15, 0.2) is 54.9 Å². The van der Waals surface area contributed by atoms with Gasteiger partial charge in [0.15, 0.2) is 0 Å². The molecule has 158 valence electrons. The number of nitrogens with zero attached hydrogens (tertiary/aromatic N) is 3. The predicted octanol–water partition coefficient (Wildman–Crippen LogP) is 4.92. The standard InChI is InChI=1S/C23H23N3O2.2ClH/c27-23(17-4-5-17)26-12-9-19(10-13-26)28-20-7-8-21(25-15-20)18-6-3-16-2-1-11-24-22(16)14-18;;/h1-3,6-8,11,14-15,17,19H,4-5,9-10,12-13H2;2*1H. The van der Waals surface area contributed by atoms with Crippen LogP contribution in [0.25, 0.3) is 22.2 Å². The molecule has 0 N–H and O–H groups in total. The molecule has 2 aromatic heterocycles. The fourth-order valence-electron chi connectivity index (χ4n) is 3.82. The summed E-state index contributed by atoms with van der Waals surface area (Å²) in [6.07, 6.45) is 7.66. The molecule has 3 heterocycles. The molecule has 2 fully saturated rings. The number of rotatable bonds is 4. The van der Waals surface area contributed by atoms with E-state index in [4.69, 9.17) is 4.74 Å². The smallest absolute Gasteiger partial charge is 0.225 e. The first-order valence-corrected chi connectivity index (χ1v) is 10.0. The lowest BCUT2D eigenvalue weighted by Crippen LogP contribution is -2.42. The first-order valence-electron chi connectivity index (χ1n) is 10.0. The molecule has 30 heavy (non-hydrogen) atoms. The molecule has 0 unspecified atom stereocenters. The van der Waals surface area contributed by atoms with Crippen molar-refractivity contribution in [2.75, 3.05) is 13.1 Å². The van der Waals surface area contributed by atoms with Crippen LogP contribution in [0.2, 0.25) is 0 Å². The number of ether oxygens (including phenoxy) is 1.